The van der Waals surface area contributed by atoms with E-state index in [9.17, 15) is 0 Å². The van der Waals surface area contributed by atoms with Gasteiger partial charge in [0.25, 0.3) is 0 Å². The van der Waals surface area contributed by atoms with Crippen LogP contribution in [-0.4, -0.2) is 6.54 Å². The third-order valence-electron chi connectivity index (χ3n) is 0.697. The molecular formula is C5H7AuN. The molecular weight excluding hydrogens is 271 g/mol. The first-order valence-electron chi connectivity index (χ1n) is 2.05. The van der Waals surface area contributed by atoms with Crippen molar-refractivity contribution in [2.45, 2.75) is 0 Å². The van der Waals surface area contributed by atoms with E-state index in [4.69, 9.17) is 0 Å². The maximum atomic E-state index is 3.02. The quantitative estimate of drug-likeness (QED) is 0.642. The molecule has 0 saturated heterocycles. The topological polar surface area (TPSA) is 12.0 Å². The van der Waals surface area contributed by atoms with Crippen LogP contribution in [0.2, 0.25) is 0 Å². The Kier molecular flexibility index (Phi) is 4.20. The van der Waals surface area contributed by atoms with E-state index in [2.05, 4.69) is 11.4 Å². The molecule has 1 N–H and O–H groups in total. The third kappa shape index (κ3) is 2.68. The second-order valence-electron chi connectivity index (χ2n) is 1.20. The largest absolute Gasteiger partial charge is 0.387 e. The minimum absolute atomic E-state index is 0. The van der Waals surface area contributed by atoms with Crippen molar-refractivity contribution in [3.8, 4) is 0 Å². The standard InChI is InChI=1S/C5H7N.Au/c1-2-4-6-5-3-1;/h1-4,6H,5H2;. The Labute approximate surface area is 59.0 Å². The molecule has 0 atom stereocenters. The summed E-state index contributed by atoms with van der Waals surface area (Å²) in [5.74, 6) is 0. The molecule has 1 aliphatic heterocycles. The van der Waals surface area contributed by atoms with Gasteiger partial charge in [-0.3, -0.25) is 0 Å². The first-order valence-corrected chi connectivity index (χ1v) is 2.05. The normalized spacial score (nSPS) is 14.9. The van der Waals surface area contributed by atoms with Crippen molar-refractivity contribution in [3.63, 3.8) is 0 Å². The van der Waals surface area contributed by atoms with Gasteiger partial charge < -0.3 is 5.32 Å². The van der Waals surface area contributed by atoms with Crippen molar-refractivity contribution in [2.75, 3.05) is 6.54 Å². The fourth-order valence-corrected chi connectivity index (χ4v) is 0.406. The van der Waals surface area contributed by atoms with E-state index in [1.165, 1.54) is 0 Å². The number of rotatable bonds is 0. The molecule has 1 rings (SSSR count). The zero-order chi connectivity index (χ0) is 4.24. The van der Waals surface area contributed by atoms with Crippen molar-refractivity contribution in [2.24, 2.45) is 0 Å². The van der Waals surface area contributed by atoms with Gasteiger partial charge in [-0.2, -0.15) is 0 Å². The Hall–Kier alpha value is 0.0203. The van der Waals surface area contributed by atoms with E-state index in [0.29, 0.717) is 0 Å². The van der Waals surface area contributed by atoms with Gasteiger partial charge in [-0.1, -0.05) is 12.2 Å². The second kappa shape index (κ2) is 4.19. The van der Waals surface area contributed by atoms with Gasteiger partial charge >= 0.3 is 0 Å². The molecule has 0 unspecified atom stereocenters. The monoisotopic (exact) mass is 278 g/mol. The van der Waals surface area contributed by atoms with Crippen molar-refractivity contribution in [1.82, 2.24) is 5.32 Å². The minimum Gasteiger partial charge on any atom is -0.387 e. The molecule has 0 aliphatic carbocycles. The van der Waals surface area contributed by atoms with Crippen LogP contribution in [0.25, 0.3) is 0 Å². The first-order chi connectivity index (χ1) is 3.00. The van der Waals surface area contributed by atoms with Gasteiger partial charge in [-0.25, -0.2) is 0 Å². The van der Waals surface area contributed by atoms with Crippen LogP contribution in [0.3, 0.4) is 0 Å². The van der Waals surface area contributed by atoms with Gasteiger partial charge in [0.05, 0.1) is 0 Å². The summed E-state index contributed by atoms with van der Waals surface area (Å²) < 4.78 is 0. The molecule has 2 heteroatoms. The minimum atomic E-state index is 0. The zero-order valence-corrected chi connectivity index (χ0v) is 5.98. The summed E-state index contributed by atoms with van der Waals surface area (Å²) in [6, 6.07) is 0. The van der Waals surface area contributed by atoms with Gasteiger partial charge in [-0.05, 0) is 12.3 Å². The molecule has 0 fully saturated rings. The van der Waals surface area contributed by atoms with Crippen molar-refractivity contribution in [3.05, 3.63) is 24.4 Å². The summed E-state index contributed by atoms with van der Waals surface area (Å²) in [5.41, 5.74) is 0. The number of dihydropyridines is 1. The second-order valence-corrected chi connectivity index (χ2v) is 1.20. The van der Waals surface area contributed by atoms with Crippen LogP contribution in [0.4, 0.5) is 0 Å². The van der Waals surface area contributed by atoms with Crippen LogP contribution in [0.15, 0.2) is 24.4 Å². The molecule has 1 heterocycles. The van der Waals surface area contributed by atoms with E-state index >= 15 is 0 Å². The Bertz CT molecular complexity index is 74.1. The predicted octanol–water partition coefficient (Wildman–Crippen LogP) is 0.657. The SMILES string of the molecule is C1=CCNC=C1.[Au]. The van der Waals surface area contributed by atoms with E-state index in [-0.39, 0.29) is 22.4 Å². The number of hydrogen-bond donors (Lipinski definition) is 1. The van der Waals surface area contributed by atoms with Crippen LogP contribution in [0.1, 0.15) is 0 Å². The van der Waals surface area contributed by atoms with Crippen LogP contribution in [0.5, 0.6) is 0 Å². The summed E-state index contributed by atoms with van der Waals surface area (Å²) in [7, 11) is 0. The van der Waals surface area contributed by atoms with Crippen LogP contribution in [-0.2, 0) is 22.4 Å². The van der Waals surface area contributed by atoms with E-state index in [1.54, 1.807) is 0 Å². The van der Waals surface area contributed by atoms with E-state index in [1.807, 2.05) is 18.4 Å². The Balaban J connectivity index is 0.000000360. The third-order valence-corrected chi connectivity index (χ3v) is 0.697. The summed E-state index contributed by atoms with van der Waals surface area (Å²) >= 11 is 0. The molecule has 0 saturated carbocycles. The Morgan fingerprint density at radius 2 is 2.14 bits per heavy atom. The van der Waals surface area contributed by atoms with E-state index < -0.39 is 0 Å². The molecule has 0 aromatic carbocycles. The molecule has 0 aromatic heterocycles. The van der Waals surface area contributed by atoms with Crippen LogP contribution in [0, 0.1) is 0 Å². The smallest absolute Gasteiger partial charge is 0.0328 e. The fraction of sp³-hybridized carbons (Fsp3) is 0.200. The Morgan fingerprint density at radius 3 is 2.29 bits per heavy atom. The molecule has 7 heavy (non-hydrogen) atoms. The number of allylic oxidation sites excluding steroid dienone is 2. The molecule has 1 nitrogen and oxygen atoms in total. The van der Waals surface area contributed by atoms with Crippen molar-refractivity contribution >= 4 is 0 Å². The molecule has 1 aliphatic rings. The zero-order valence-electron chi connectivity index (χ0n) is 3.82. The molecule has 0 bridgehead atoms. The summed E-state index contributed by atoms with van der Waals surface area (Å²) in [6.45, 7) is 0.983. The maximum Gasteiger partial charge on any atom is 0.0328 e. The van der Waals surface area contributed by atoms with Gasteiger partial charge in [0, 0.05) is 28.9 Å². The summed E-state index contributed by atoms with van der Waals surface area (Å²) in [6.07, 6.45) is 8.00. The first kappa shape index (κ1) is 7.02. The van der Waals surface area contributed by atoms with Crippen LogP contribution >= 0.6 is 0 Å². The van der Waals surface area contributed by atoms with Crippen LogP contribution < -0.4 is 5.32 Å². The Morgan fingerprint density at radius 1 is 1.29 bits per heavy atom. The number of nitrogens with one attached hydrogen (secondary N) is 1. The van der Waals surface area contributed by atoms with Gasteiger partial charge in [0.2, 0.25) is 0 Å². The maximum absolute atomic E-state index is 3.02. The molecule has 0 amide bonds. The van der Waals surface area contributed by atoms with Gasteiger partial charge in [0.1, 0.15) is 0 Å². The molecule has 43 valence electrons. The molecule has 1 radical (unpaired) electrons. The van der Waals surface area contributed by atoms with Gasteiger partial charge in [0.15, 0.2) is 0 Å². The van der Waals surface area contributed by atoms with E-state index in [0.717, 1.165) is 6.54 Å². The number of hydrogen-bond acceptors (Lipinski definition) is 1. The fourth-order valence-electron chi connectivity index (χ4n) is 0.406. The average Bonchev–Trinajstić information content (AvgIpc) is 1.72. The summed E-state index contributed by atoms with van der Waals surface area (Å²) in [4.78, 5) is 0. The van der Waals surface area contributed by atoms with Gasteiger partial charge in [-0.15, -0.1) is 0 Å². The molecule has 0 aromatic rings. The molecule has 0 spiro atoms. The predicted molar refractivity (Wildman–Crippen MR) is 26.3 cm³/mol. The van der Waals surface area contributed by atoms with Crippen molar-refractivity contribution < 1.29 is 22.4 Å². The average molecular weight is 278 g/mol. The van der Waals surface area contributed by atoms with Crippen molar-refractivity contribution in [1.29, 1.82) is 0 Å². The summed E-state index contributed by atoms with van der Waals surface area (Å²) in [5, 5.41) is 3.02.